The van der Waals surface area contributed by atoms with Gasteiger partial charge in [0.2, 0.25) is 0 Å². The van der Waals surface area contributed by atoms with Crippen molar-refractivity contribution in [1.29, 1.82) is 0 Å². The van der Waals surface area contributed by atoms with Crippen LogP contribution in [0.15, 0.2) is 58.3 Å². The Morgan fingerprint density at radius 1 is 0.810 bits per heavy atom. The van der Waals surface area contributed by atoms with Crippen molar-refractivity contribution in [3.05, 3.63) is 59.7 Å². The molecule has 1 N–H and O–H groups in total. The average Bonchev–Trinajstić information content (AvgIpc) is 2.40. The SMILES string of the molecule is Cc1ccc(S(=O)O)cc1.Cc1ccc(S(=O)[O-])cc1.[Na+]. The molecule has 21 heavy (non-hydrogen) atoms. The summed E-state index contributed by atoms with van der Waals surface area (Å²) < 4.78 is 39.6. The molecule has 0 spiro atoms. The fourth-order valence-corrected chi connectivity index (χ4v) is 2.03. The van der Waals surface area contributed by atoms with Gasteiger partial charge in [-0.1, -0.05) is 35.4 Å². The van der Waals surface area contributed by atoms with Crippen molar-refractivity contribution in [3.8, 4) is 0 Å². The maximum absolute atomic E-state index is 10.4. The van der Waals surface area contributed by atoms with E-state index < -0.39 is 22.2 Å². The Morgan fingerprint density at radius 3 is 1.43 bits per heavy atom. The first kappa shape index (κ1) is 20.7. The number of hydrogen-bond donors (Lipinski definition) is 1. The molecule has 0 bridgehead atoms. The number of rotatable bonds is 2. The van der Waals surface area contributed by atoms with E-state index in [1.165, 1.54) is 0 Å². The third kappa shape index (κ3) is 8.01. The topological polar surface area (TPSA) is 77.4 Å². The van der Waals surface area contributed by atoms with Gasteiger partial charge in [-0.05, 0) is 49.2 Å². The van der Waals surface area contributed by atoms with Gasteiger partial charge in [0.1, 0.15) is 0 Å². The Bertz CT molecular complexity index is 542. The molecule has 0 aromatic heterocycles. The summed E-state index contributed by atoms with van der Waals surface area (Å²) in [5.74, 6) is 0. The maximum Gasteiger partial charge on any atom is 1.00 e. The molecule has 2 unspecified atom stereocenters. The largest absolute Gasteiger partial charge is 1.00 e. The Kier molecular flexibility index (Phi) is 10.2. The number of hydrogen-bond acceptors (Lipinski definition) is 3. The van der Waals surface area contributed by atoms with E-state index in [0.717, 1.165) is 11.1 Å². The van der Waals surface area contributed by atoms with Crippen LogP contribution in [0.4, 0.5) is 0 Å². The zero-order valence-corrected chi connectivity index (χ0v) is 15.7. The summed E-state index contributed by atoms with van der Waals surface area (Å²) in [6.07, 6.45) is 0. The summed E-state index contributed by atoms with van der Waals surface area (Å²) in [6, 6.07) is 13.6. The maximum atomic E-state index is 10.4. The predicted octanol–water partition coefficient (Wildman–Crippen LogP) is -0.187. The van der Waals surface area contributed by atoms with Crippen molar-refractivity contribution >= 4 is 22.2 Å². The zero-order valence-electron chi connectivity index (χ0n) is 12.1. The molecule has 0 aliphatic rings. The van der Waals surface area contributed by atoms with Gasteiger partial charge in [-0.25, -0.2) is 4.21 Å². The van der Waals surface area contributed by atoms with E-state index in [9.17, 15) is 13.0 Å². The van der Waals surface area contributed by atoms with Crippen molar-refractivity contribution in [2.45, 2.75) is 23.6 Å². The molecule has 7 heteroatoms. The Labute approximate surface area is 151 Å². The van der Waals surface area contributed by atoms with Crippen molar-refractivity contribution in [1.82, 2.24) is 0 Å². The fraction of sp³-hybridized carbons (Fsp3) is 0.143. The Morgan fingerprint density at radius 2 is 1.14 bits per heavy atom. The molecule has 0 saturated carbocycles. The standard InChI is InChI=1S/2C7H8O2S.Na/c2*1-6-2-4-7(5-3-6)10(8)9;/h2*2-5H,1H3,(H,8,9);/q;;+1/p-1. The molecule has 0 radical (unpaired) electrons. The van der Waals surface area contributed by atoms with Gasteiger partial charge in [0.05, 0.1) is 4.90 Å². The minimum atomic E-state index is -2.09. The van der Waals surface area contributed by atoms with Crippen molar-refractivity contribution < 1.29 is 47.1 Å². The van der Waals surface area contributed by atoms with Crippen molar-refractivity contribution in [2.75, 3.05) is 0 Å². The van der Waals surface area contributed by atoms with Crippen LogP contribution >= 0.6 is 0 Å². The van der Waals surface area contributed by atoms with Crippen LogP contribution in [0.1, 0.15) is 11.1 Å². The molecule has 2 aromatic carbocycles. The summed E-state index contributed by atoms with van der Waals surface area (Å²) in [5.41, 5.74) is 2.16. The summed E-state index contributed by atoms with van der Waals surface area (Å²) in [4.78, 5) is 0.788. The molecule has 4 nitrogen and oxygen atoms in total. The van der Waals surface area contributed by atoms with E-state index in [4.69, 9.17) is 4.55 Å². The van der Waals surface area contributed by atoms with Crippen LogP contribution in [0.25, 0.3) is 0 Å². The van der Waals surface area contributed by atoms with E-state index in [-0.39, 0.29) is 29.6 Å². The van der Waals surface area contributed by atoms with Gasteiger partial charge in [0.15, 0.2) is 11.1 Å². The smallest absolute Gasteiger partial charge is 0.768 e. The second-order valence-corrected chi connectivity index (χ2v) is 6.02. The summed E-state index contributed by atoms with van der Waals surface area (Å²) in [6.45, 7) is 3.85. The molecule has 2 atom stereocenters. The van der Waals surface area contributed by atoms with Crippen LogP contribution in [0.2, 0.25) is 0 Å². The molecule has 108 valence electrons. The van der Waals surface area contributed by atoms with Gasteiger partial charge in [-0.3, -0.25) is 4.21 Å². The first-order valence-corrected chi connectivity index (χ1v) is 7.92. The zero-order chi connectivity index (χ0) is 15.1. The van der Waals surface area contributed by atoms with E-state index in [1.807, 2.05) is 26.0 Å². The van der Waals surface area contributed by atoms with Crippen molar-refractivity contribution in [2.24, 2.45) is 0 Å². The quantitative estimate of drug-likeness (QED) is 0.610. The van der Waals surface area contributed by atoms with Crippen LogP contribution in [-0.2, 0) is 22.2 Å². The molecule has 0 heterocycles. The van der Waals surface area contributed by atoms with E-state index >= 15 is 0 Å². The fourth-order valence-electron chi connectivity index (χ4n) is 1.30. The molecule has 2 rings (SSSR count). The predicted molar refractivity (Wildman–Crippen MR) is 78.6 cm³/mol. The van der Waals surface area contributed by atoms with Gasteiger partial charge in [-0.2, -0.15) is 0 Å². The molecular weight excluding hydrogens is 319 g/mol. The van der Waals surface area contributed by atoms with Crippen LogP contribution in [0.5, 0.6) is 0 Å². The van der Waals surface area contributed by atoms with Crippen LogP contribution in [-0.4, -0.2) is 17.5 Å². The van der Waals surface area contributed by atoms with Gasteiger partial charge < -0.3 is 9.11 Å². The normalized spacial score (nSPS) is 12.4. The molecule has 0 saturated heterocycles. The monoisotopic (exact) mass is 334 g/mol. The van der Waals surface area contributed by atoms with Crippen LogP contribution < -0.4 is 29.6 Å². The molecular formula is C14H15NaO4S2. The summed E-state index contributed by atoms with van der Waals surface area (Å²) in [7, 11) is 0. The number of aryl methyl sites for hydroxylation is 2. The minimum Gasteiger partial charge on any atom is -0.768 e. The first-order chi connectivity index (χ1) is 9.40. The third-order valence-electron chi connectivity index (χ3n) is 2.44. The van der Waals surface area contributed by atoms with Crippen molar-refractivity contribution in [3.63, 3.8) is 0 Å². The molecule has 2 aromatic rings. The van der Waals surface area contributed by atoms with Crippen LogP contribution in [0.3, 0.4) is 0 Å². The average molecular weight is 334 g/mol. The molecule has 0 aliphatic heterocycles. The second-order valence-electron chi connectivity index (χ2n) is 4.11. The van der Waals surface area contributed by atoms with Gasteiger partial charge in [0, 0.05) is 4.90 Å². The molecule has 0 aliphatic carbocycles. The van der Waals surface area contributed by atoms with Gasteiger partial charge in [-0.15, -0.1) is 0 Å². The number of benzene rings is 2. The van der Waals surface area contributed by atoms with E-state index in [1.54, 1.807) is 36.4 Å². The minimum absolute atomic E-state index is 0. The van der Waals surface area contributed by atoms with E-state index in [0.29, 0.717) is 9.79 Å². The van der Waals surface area contributed by atoms with Crippen LogP contribution in [0, 0.1) is 13.8 Å². The second kappa shape index (κ2) is 10.4. The Balaban J connectivity index is 0.000000364. The third-order valence-corrected chi connectivity index (χ3v) is 3.77. The first-order valence-electron chi connectivity index (χ1n) is 5.73. The summed E-state index contributed by atoms with van der Waals surface area (Å²) in [5, 5.41) is 0. The van der Waals surface area contributed by atoms with E-state index in [2.05, 4.69) is 0 Å². The van der Waals surface area contributed by atoms with Gasteiger partial charge in [0.25, 0.3) is 0 Å². The molecule has 0 fully saturated rings. The summed E-state index contributed by atoms with van der Waals surface area (Å²) >= 11 is -3.92. The Hall–Kier alpha value is -0.340. The molecule has 0 amide bonds. The van der Waals surface area contributed by atoms with Gasteiger partial charge >= 0.3 is 29.6 Å².